The molecule has 0 saturated carbocycles. The van der Waals surface area contributed by atoms with Crippen LogP contribution in [0.25, 0.3) is 0 Å². The summed E-state index contributed by atoms with van der Waals surface area (Å²) >= 11 is 0. The standard InChI is InChI=1S/C8H7F3N2O2/c9-7-5(8(10,11)4-12)2-1-3-6(7)13(14)15/h1-3H,4,12H2. The van der Waals surface area contributed by atoms with Crippen molar-refractivity contribution in [2.45, 2.75) is 5.92 Å². The number of hydrogen-bond donors (Lipinski definition) is 1. The molecule has 0 aromatic heterocycles. The molecule has 0 amide bonds. The van der Waals surface area contributed by atoms with Crippen LogP contribution >= 0.6 is 0 Å². The molecule has 82 valence electrons. The van der Waals surface area contributed by atoms with Crippen molar-refractivity contribution in [1.29, 1.82) is 0 Å². The van der Waals surface area contributed by atoms with E-state index < -0.39 is 34.5 Å². The maximum atomic E-state index is 13.2. The highest BCUT2D eigenvalue weighted by Gasteiger charge is 2.35. The number of alkyl halides is 2. The van der Waals surface area contributed by atoms with Crippen molar-refractivity contribution in [3.63, 3.8) is 0 Å². The molecule has 0 aliphatic rings. The van der Waals surface area contributed by atoms with Crippen LogP contribution in [0.1, 0.15) is 5.56 Å². The smallest absolute Gasteiger partial charge is 0.305 e. The van der Waals surface area contributed by atoms with Gasteiger partial charge in [0.25, 0.3) is 5.92 Å². The molecular formula is C8H7F3N2O2. The van der Waals surface area contributed by atoms with E-state index in [1.165, 1.54) is 0 Å². The number of nitrogens with zero attached hydrogens (tertiary/aromatic N) is 1. The van der Waals surface area contributed by atoms with Crippen LogP contribution in [0.15, 0.2) is 18.2 Å². The minimum absolute atomic E-state index is 0.773. The first-order chi connectivity index (χ1) is 6.90. The summed E-state index contributed by atoms with van der Waals surface area (Å²) < 4.78 is 39.2. The molecule has 1 aromatic carbocycles. The summed E-state index contributed by atoms with van der Waals surface area (Å²) in [5.41, 5.74) is 2.71. The Morgan fingerprint density at radius 1 is 1.47 bits per heavy atom. The van der Waals surface area contributed by atoms with E-state index in [1.54, 1.807) is 0 Å². The zero-order chi connectivity index (χ0) is 11.6. The largest absolute Gasteiger partial charge is 0.325 e. The molecule has 0 unspecified atom stereocenters. The number of nitrogens with two attached hydrogens (primary N) is 1. The van der Waals surface area contributed by atoms with Crippen molar-refractivity contribution in [2.24, 2.45) is 5.73 Å². The van der Waals surface area contributed by atoms with Crippen LogP contribution in [0, 0.1) is 15.9 Å². The van der Waals surface area contributed by atoms with Crippen molar-refractivity contribution in [2.75, 3.05) is 6.54 Å². The van der Waals surface area contributed by atoms with E-state index >= 15 is 0 Å². The van der Waals surface area contributed by atoms with Gasteiger partial charge in [-0.1, -0.05) is 6.07 Å². The zero-order valence-corrected chi connectivity index (χ0v) is 7.41. The van der Waals surface area contributed by atoms with E-state index in [0.29, 0.717) is 0 Å². The molecule has 1 aromatic rings. The van der Waals surface area contributed by atoms with Gasteiger partial charge in [0.05, 0.1) is 17.0 Å². The lowest BCUT2D eigenvalue weighted by Gasteiger charge is -2.14. The molecular weight excluding hydrogens is 213 g/mol. The molecule has 0 aliphatic heterocycles. The second kappa shape index (κ2) is 3.85. The third kappa shape index (κ3) is 2.07. The van der Waals surface area contributed by atoms with Crippen LogP contribution < -0.4 is 5.73 Å². The molecule has 0 fully saturated rings. The summed E-state index contributed by atoms with van der Waals surface area (Å²) in [5, 5.41) is 10.3. The molecule has 0 saturated heterocycles. The summed E-state index contributed by atoms with van der Waals surface area (Å²) in [6, 6.07) is 2.57. The molecule has 0 spiro atoms. The van der Waals surface area contributed by atoms with Crippen molar-refractivity contribution < 1.29 is 18.1 Å². The Morgan fingerprint density at radius 3 is 2.53 bits per heavy atom. The Hall–Kier alpha value is -1.63. The molecule has 2 N–H and O–H groups in total. The number of hydrogen-bond acceptors (Lipinski definition) is 3. The van der Waals surface area contributed by atoms with Gasteiger partial charge in [-0.25, -0.2) is 0 Å². The molecule has 4 nitrogen and oxygen atoms in total. The quantitative estimate of drug-likeness (QED) is 0.623. The highest BCUT2D eigenvalue weighted by atomic mass is 19.3. The molecule has 7 heteroatoms. The monoisotopic (exact) mass is 220 g/mol. The van der Waals surface area contributed by atoms with E-state index in [1.807, 2.05) is 0 Å². The minimum Gasteiger partial charge on any atom is -0.325 e. The number of nitro groups is 1. The van der Waals surface area contributed by atoms with Gasteiger partial charge < -0.3 is 5.73 Å². The van der Waals surface area contributed by atoms with Gasteiger partial charge in [-0.2, -0.15) is 13.2 Å². The van der Waals surface area contributed by atoms with Crippen molar-refractivity contribution in [3.05, 3.63) is 39.7 Å². The maximum Gasteiger partial charge on any atom is 0.305 e. The van der Waals surface area contributed by atoms with E-state index in [2.05, 4.69) is 0 Å². The fourth-order valence-corrected chi connectivity index (χ4v) is 1.05. The molecule has 0 heterocycles. The fourth-order valence-electron chi connectivity index (χ4n) is 1.05. The van der Waals surface area contributed by atoms with Crippen LogP contribution in [0.4, 0.5) is 18.9 Å². The topological polar surface area (TPSA) is 69.2 Å². The van der Waals surface area contributed by atoms with E-state index in [9.17, 15) is 23.3 Å². The van der Waals surface area contributed by atoms with Crippen molar-refractivity contribution >= 4 is 5.69 Å². The number of benzene rings is 1. The predicted octanol–water partition coefficient (Wildman–Crippen LogP) is 1.78. The molecule has 0 bridgehead atoms. The van der Waals surface area contributed by atoms with E-state index in [-0.39, 0.29) is 0 Å². The molecule has 0 radical (unpaired) electrons. The van der Waals surface area contributed by atoms with Gasteiger partial charge in [0.1, 0.15) is 0 Å². The van der Waals surface area contributed by atoms with Gasteiger partial charge in [-0.3, -0.25) is 10.1 Å². The van der Waals surface area contributed by atoms with Crippen LogP contribution in [-0.2, 0) is 5.92 Å². The zero-order valence-electron chi connectivity index (χ0n) is 7.41. The number of rotatable bonds is 3. The fraction of sp³-hybridized carbons (Fsp3) is 0.250. The summed E-state index contributed by atoms with van der Waals surface area (Å²) in [5.74, 6) is -5.14. The van der Waals surface area contributed by atoms with Gasteiger partial charge in [0.15, 0.2) is 0 Å². The Kier molecular flexibility index (Phi) is 2.94. The highest BCUT2D eigenvalue weighted by Crippen LogP contribution is 2.32. The SMILES string of the molecule is NCC(F)(F)c1cccc([N+](=O)[O-])c1F. The molecule has 0 aliphatic carbocycles. The summed E-state index contributed by atoms with van der Waals surface area (Å²) in [6.07, 6.45) is 0. The Bertz CT molecular complexity index is 395. The minimum atomic E-state index is -3.60. The van der Waals surface area contributed by atoms with Crippen LogP contribution in [-0.4, -0.2) is 11.5 Å². The second-order valence-electron chi connectivity index (χ2n) is 2.80. The first-order valence-electron chi connectivity index (χ1n) is 3.91. The number of nitro benzene ring substituents is 1. The van der Waals surface area contributed by atoms with Gasteiger partial charge >= 0.3 is 5.69 Å². The highest BCUT2D eigenvalue weighted by molar-refractivity contribution is 5.38. The van der Waals surface area contributed by atoms with E-state index in [4.69, 9.17) is 5.73 Å². The van der Waals surface area contributed by atoms with Gasteiger partial charge in [0.2, 0.25) is 5.82 Å². The Morgan fingerprint density at radius 2 is 2.07 bits per heavy atom. The lowest BCUT2D eigenvalue weighted by molar-refractivity contribution is -0.387. The Labute approximate surface area is 82.7 Å². The lowest BCUT2D eigenvalue weighted by Crippen LogP contribution is -2.26. The van der Waals surface area contributed by atoms with Crippen molar-refractivity contribution in [3.8, 4) is 0 Å². The third-order valence-corrected chi connectivity index (χ3v) is 1.83. The van der Waals surface area contributed by atoms with Gasteiger partial charge in [-0.05, 0) is 6.07 Å². The molecule has 1 rings (SSSR count). The van der Waals surface area contributed by atoms with Crippen molar-refractivity contribution in [1.82, 2.24) is 0 Å². The lowest BCUT2D eigenvalue weighted by atomic mass is 10.1. The van der Waals surface area contributed by atoms with Crippen LogP contribution in [0.5, 0.6) is 0 Å². The van der Waals surface area contributed by atoms with Gasteiger partial charge in [-0.15, -0.1) is 0 Å². The molecule has 15 heavy (non-hydrogen) atoms. The predicted molar refractivity (Wildman–Crippen MR) is 46.0 cm³/mol. The molecule has 0 atom stereocenters. The first-order valence-corrected chi connectivity index (χ1v) is 3.91. The van der Waals surface area contributed by atoms with Crippen LogP contribution in [0.3, 0.4) is 0 Å². The van der Waals surface area contributed by atoms with Crippen LogP contribution in [0.2, 0.25) is 0 Å². The average Bonchev–Trinajstić information content (AvgIpc) is 2.17. The summed E-state index contributed by atoms with van der Waals surface area (Å²) in [6.45, 7) is -1.11. The normalized spacial score (nSPS) is 11.5. The first kappa shape index (κ1) is 11.4. The Balaban J connectivity index is 3.33. The average molecular weight is 220 g/mol. The summed E-state index contributed by atoms with van der Waals surface area (Å²) in [7, 11) is 0. The summed E-state index contributed by atoms with van der Waals surface area (Å²) in [4.78, 5) is 9.21. The second-order valence-corrected chi connectivity index (χ2v) is 2.80. The van der Waals surface area contributed by atoms with Gasteiger partial charge in [0, 0.05) is 6.07 Å². The number of halogens is 3. The van der Waals surface area contributed by atoms with E-state index in [0.717, 1.165) is 18.2 Å². The third-order valence-electron chi connectivity index (χ3n) is 1.83. The maximum absolute atomic E-state index is 13.2.